The molecule has 54 valence electrons. The van der Waals surface area contributed by atoms with Crippen LogP contribution in [0.4, 0.5) is 0 Å². The number of aliphatic hydroxyl groups is 1. The molecule has 0 aliphatic carbocycles. The molecule has 0 radical (unpaired) electrons. The zero-order valence-corrected chi connectivity index (χ0v) is 6.68. The molecule has 0 amide bonds. The van der Waals surface area contributed by atoms with Crippen molar-refractivity contribution in [1.29, 1.82) is 0 Å². The molecule has 1 unspecified atom stereocenters. The predicted octanol–water partition coefficient (Wildman–Crippen LogP) is 1.97. The minimum absolute atomic E-state index is 0.285. The summed E-state index contributed by atoms with van der Waals surface area (Å²) in [5.41, 5.74) is 1.06. The van der Waals surface area contributed by atoms with Crippen LogP contribution >= 0.6 is 0 Å². The summed E-state index contributed by atoms with van der Waals surface area (Å²) < 4.78 is 0. The molecule has 1 atom stereocenters. The first-order valence-corrected chi connectivity index (χ1v) is 3.40. The number of aliphatic hydroxyl groups excluding tert-OH is 1. The Bertz CT molecular complexity index is 101. The summed E-state index contributed by atoms with van der Waals surface area (Å²) in [5, 5.41) is 9.00. The van der Waals surface area contributed by atoms with Gasteiger partial charge in [0, 0.05) is 0 Å². The molecule has 1 nitrogen and oxygen atoms in total. The van der Waals surface area contributed by atoms with Crippen LogP contribution in [0.15, 0.2) is 11.6 Å². The molecule has 0 spiro atoms. The van der Waals surface area contributed by atoms with Crippen LogP contribution in [0.1, 0.15) is 27.7 Å². The van der Waals surface area contributed by atoms with Gasteiger partial charge in [0.05, 0.1) is 6.10 Å². The van der Waals surface area contributed by atoms with Crippen molar-refractivity contribution in [2.24, 2.45) is 5.92 Å². The van der Waals surface area contributed by atoms with E-state index in [1.807, 2.05) is 6.92 Å². The van der Waals surface area contributed by atoms with Gasteiger partial charge in [-0.25, -0.2) is 0 Å². The smallest absolute Gasteiger partial charge is 0.0719 e. The maximum atomic E-state index is 9.00. The standard InChI is InChI=1S/C8H16O/c1-6(2)5-7(3)8(4)9/h5-6,8-9H,1-4H3. The maximum Gasteiger partial charge on any atom is 0.0719 e. The molecule has 0 heterocycles. The summed E-state index contributed by atoms with van der Waals surface area (Å²) >= 11 is 0. The Hall–Kier alpha value is -0.300. The van der Waals surface area contributed by atoms with Crippen LogP contribution in [0.2, 0.25) is 0 Å². The zero-order chi connectivity index (χ0) is 7.44. The van der Waals surface area contributed by atoms with Gasteiger partial charge >= 0.3 is 0 Å². The van der Waals surface area contributed by atoms with Crippen LogP contribution in [0.5, 0.6) is 0 Å². The summed E-state index contributed by atoms with van der Waals surface area (Å²) in [6.07, 6.45) is 1.79. The van der Waals surface area contributed by atoms with Crippen LogP contribution in [0, 0.1) is 5.92 Å². The number of hydrogen-bond acceptors (Lipinski definition) is 1. The molecule has 0 aliphatic heterocycles. The molecule has 0 bridgehead atoms. The van der Waals surface area contributed by atoms with Crippen molar-refractivity contribution in [1.82, 2.24) is 0 Å². The predicted molar refractivity (Wildman–Crippen MR) is 40.3 cm³/mol. The minimum atomic E-state index is -0.285. The lowest BCUT2D eigenvalue weighted by molar-refractivity contribution is 0.230. The van der Waals surface area contributed by atoms with E-state index < -0.39 is 0 Å². The molecule has 0 fully saturated rings. The van der Waals surface area contributed by atoms with E-state index in [0.29, 0.717) is 5.92 Å². The quantitative estimate of drug-likeness (QED) is 0.564. The van der Waals surface area contributed by atoms with Crippen molar-refractivity contribution in [3.63, 3.8) is 0 Å². The Morgan fingerprint density at radius 1 is 1.33 bits per heavy atom. The minimum Gasteiger partial charge on any atom is -0.389 e. The van der Waals surface area contributed by atoms with Crippen molar-refractivity contribution >= 4 is 0 Å². The van der Waals surface area contributed by atoms with Crippen LogP contribution < -0.4 is 0 Å². The topological polar surface area (TPSA) is 20.2 Å². The Labute approximate surface area is 57.4 Å². The van der Waals surface area contributed by atoms with Gasteiger partial charge in [0.15, 0.2) is 0 Å². The number of rotatable bonds is 2. The van der Waals surface area contributed by atoms with E-state index in [1.165, 1.54) is 0 Å². The summed E-state index contributed by atoms with van der Waals surface area (Å²) in [6, 6.07) is 0. The maximum absolute atomic E-state index is 9.00. The third-order valence-corrected chi connectivity index (χ3v) is 1.26. The van der Waals surface area contributed by atoms with Gasteiger partial charge < -0.3 is 5.11 Å². The molecule has 9 heavy (non-hydrogen) atoms. The Kier molecular flexibility index (Phi) is 3.55. The highest BCUT2D eigenvalue weighted by Crippen LogP contribution is 2.04. The Balaban J connectivity index is 3.84. The van der Waals surface area contributed by atoms with Crippen LogP contribution in [0.25, 0.3) is 0 Å². The fraction of sp³-hybridized carbons (Fsp3) is 0.750. The largest absolute Gasteiger partial charge is 0.389 e. The van der Waals surface area contributed by atoms with Gasteiger partial charge in [-0.3, -0.25) is 0 Å². The van der Waals surface area contributed by atoms with Crippen molar-refractivity contribution in [3.8, 4) is 0 Å². The SMILES string of the molecule is CC(=CC(C)C)C(C)O. The molecular weight excluding hydrogens is 112 g/mol. The second-order valence-electron chi connectivity index (χ2n) is 2.83. The van der Waals surface area contributed by atoms with E-state index in [9.17, 15) is 0 Å². The normalized spacial score (nSPS) is 16.4. The number of hydrogen-bond donors (Lipinski definition) is 1. The monoisotopic (exact) mass is 128 g/mol. The van der Waals surface area contributed by atoms with Crippen LogP contribution in [-0.2, 0) is 0 Å². The molecule has 0 aliphatic rings. The molecule has 0 aromatic rings. The number of allylic oxidation sites excluding steroid dienone is 1. The molecule has 0 aromatic heterocycles. The average Bonchev–Trinajstić information content (AvgIpc) is 1.63. The molecule has 1 N–H and O–H groups in total. The van der Waals surface area contributed by atoms with Gasteiger partial charge in [-0.1, -0.05) is 19.9 Å². The molecule has 1 heteroatoms. The first-order chi connectivity index (χ1) is 4.04. The van der Waals surface area contributed by atoms with Crippen molar-refractivity contribution < 1.29 is 5.11 Å². The van der Waals surface area contributed by atoms with E-state index in [0.717, 1.165) is 5.57 Å². The van der Waals surface area contributed by atoms with E-state index >= 15 is 0 Å². The van der Waals surface area contributed by atoms with E-state index in [1.54, 1.807) is 6.92 Å². The Morgan fingerprint density at radius 2 is 1.78 bits per heavy atom. The first kappa shape index (κ1) is 8.70. The van der Waals surface area contributed by atoms with E-state index in [-0.39, 0.29) is 6.10 Å². The van der Waals surface area contributed by atoms with E-state index in [2.05, 4.69) is 19.9 Å². The molecular formula is C8H16O. The molecule has 0 aromatic carbocycles. The highest BCUT2D eigenvalue weighted by Gasteiger charge is 1.97. The van der Waals surface area contributed by atoms with Crippen LogP contribution in [0.3, 0.4) is 0 Å². The Morgan fingerprint density at radius 3 is 1.89 bits per heavy atom. The van der Waals surface area contributed by atoms with Gasteiger partial charge in [0.2, 0.25) is 0 Å². The fourth-order valence-corrected chi connectivity index (χ4v) is 0.665. The molecule has 0 rings (SSSR count). The first-order valence-electron chi connectivity index (χ1n) is 3.40. The zero-order valence-electron chi connectivity index (χ0n) is 6.68. The summed E-state index contributed by atoms with van der Waals surface area (Å²) in [4.78, 5) is 0. The van der Waals surface area contributed by atoms with E-state index in [4.69, 9.17) is 5.11 Å². The van der Waals surface area contributed by atoms with Crippen LogP contribution in [-0.4, -0.2) is 11.2 Å². The fourth-order valence-electron chi connectivity index (χ4n) is 0.665. The summed E-state index contributed by atoms with van der Waals surface area (Å²) in [5.74, 6) is 0.541. The van der Waals surface area contributed by atoms with Gasteiger partial charge in [-0.15, -0.1) is 0 Å². The lowest BCUT2D eigenvalue weighted by Gasteiger charge is -2.04. The lowest BCUT2D eigenvalue weighted by atomic mass is 10.1. The van der Waals surface area contributed by atoms with Crippen molar-refractivity contribution in [2.45, 2.75) is 33.8 Å². The van der Waals surface area contributed by atoms with Gasteiger partial charge in [-0.2, -0.15) is 0 Å². The third kappa shape index (κ3) is 4.22. The highest BCUT2D eigenvalue weighted by molar-refractivity contribution is 5.03. The van der Waals surface area contributed by atoms with Crippen molar-refractivity contribution in [3.05, 3.63) is 11.6 Å². The second kappa shape index (κ2) is 3.67. The summed E-state index contributed by atoms with van der Waals surface area (Å²) in [7, 11) is 0. The second-order valence-corrected chi connectivity index (χ2v) is 2.83. The third-order valence-electron chi connectivity index (χ3n) is 1.26. The van der Waals surface area contributed by atoms with Gasteiger partial charge in [-0.05, 0) is 25.3 Å². The molecule has 0 saturated heterocycles. The van der Waals surface area contributed by atoms with Gasteiger partial charge in [0.1, 0.15) is 0 Å². The summed E-state index contributed by atoms with van der Waals surface area (Å²) in [6.45, 7) is 7.94. The lowest BCUT2D eigenvalue weighted by Crippen LogP contribution is -2.01. The highest BCUT2D eigenvalue weighted by atomic mass is 16.3. The molecule has 0 saturated carbocycles. The average molecular weight is 128 g/mol. The van der Waals surface area contributed by atoms with Crippen molar-refractivity contribution in [2.75, 3.05) is 0 Å². The van der Waals surface area contributed by atoms with Gasteiger partial charge in [0.25, 0.3) is 0 Å².